The van der Waals surface area contributed by atoms with E-state index in [0.717, 1.165) is 53.8 Å². The van der Waals surface area contributed by atoms with Gasteiger partial charge in [-0.15, -0.1) is 0 Å². The van der Waals surface area contributed by atoms with Gasteiger partial charge in [-0.25, -0.2) is 0 Å². The number of fused-ring (bicyclic) bond motifs is 1. The summed E-state index contributed by atoms with van der Waals surface area (Å²) >= 11 is 0. The average Bonchev–Trinajstić information content (AvgIpc) is 2.96. The molecule has 0 spiro atoms. The van der Waals surface area contributed by atoms with Crippen LogP contribution in [-0.4, -0.2) is 42.7 Å². The monoisotopic (exact) mass is 570 g/mol. The van der Waals surface area contributed by atoms with Gasteiger partial charge in [0.2, 0.25) is 0 Å². The molecular formula is C36H46N2O4. The maximum Gasteiger partial charge on any atom is 0.322 e. The van der Waals surface area contributed by atoms with E-state index < -0.39 is 18.4 Å². The van der Waals surface area contributed by atoms with E-state index >= 15 is 0 Å². The molecule has 42 heavy (non-hydrogen) atoms. The van der Waals surface area contributed by atoms with Gasteiger partial charge in [-0.05, 0) is 95.1 Å². The van der Waals surface area contributed by atoms with E-state index in [1.165, 1.54) is 17.5 Å². The highest BCUT2D eigenvalue weighted by Crippen LogP contribution is 2.47. The van der Waals surface area contributed by atoms with E-state index in [4.69, 9.17) is 9.84 Å². The molecule has 1 aliphatic carbocycles. The topological polar surface area (TPSA) is 87.7 Å². The normalized spacial score (nSPS) is 15.2. The quantitative estimate of drug-likeness (QED) is 0.198. The van der Waals surface area contributed by atoms with Gasteiger partial charge in [-0.2, -0.15) is 0 Å². The second kappa shape index (κ2) is 13.1. The minimum absolute atomic E-state index is 0.0972. The lowest BCUT2D eigenvalue weighted by atomic mass is 9.63. The van der Waals surface area contributed by atoms with Crippen LogP contribution < -0.4 is 15.4 Å². The number of carbonyl (C=O) groups excluding carboxylic acids is 1. The number of carboxylic acids is 1. The highest BCUT2D eigenvalue weighted by atomic mass is 16.5. The minimum Gasteiger partial charge on any atom is -0.493 e. The Labute approximate surface area is 250 Å². The van der Waals surface area contributed by atoms with Crippen LogP contribution in [0, 0.1) is 0 Å². The zero-order valence-corrected chi connectivity index (χ0v) is 26.0. The molecule has 6 heteroatoms. The first kappa shape index (κ1) is 31.3. The molecule has 0 aromatic heterocycles. The van der Waals surface area contributed by atoms with Crippen LogP contribution in [0.1, 0.15) is 88.7 Å². The molecule has 0 saturated heterocycles. The van der Waals surface area contributed by atoms with E-state index in [0.29, 0.717) is 18.2 Å². The van der Waals surface area contributed by atoms with Gasteiger partial charge in [0.05, 0.1) is 6.61 Å². The van der Waals surface area contributed by atoms with Crippen molar-refractivity contribution < 1.29 is 19.4 Å². The van der Waals surface area contributed by atoms with Crippen molar-refractivity contribution in [2.24, 2.45) is 0 Å². The van der Waals surface area contributed by atoms with Gasteiger partial charge < -0.3 is 20.5 Å². The Morgan fingerprint density at radius 1 is 0.833 bits per heavy atom. The lowest BCUT2D eigenvalue weighted by Gasteiger charge is -2.42. The summed E-state index contributed by atoms with van der Waals surface area (Å²) in [7, 11) is 0. The third-order valence-corrected chi connectivity index (χ3v) is 8.41. The maximum absolute atomic E-state index is 12.3. The molecule has 0 aliphatic heterocycles. The summed E-state index contributed by atoms with van der Waals surface area (Å²) in [4.78, 5) is 23.1. The van der Waals surface area contributed by atoms with Crippen LogP contribution in [0.5, 0.6) is 5.75 Å². The second-order valence-corrected chi connectivity index (χ2v) is 13.1. The predicted octanol–water partition coefficient (Wildman–Crippen LogP) is 7.34. The Kier molecular flexibility index (Phi) is 9.78. The molecule has 3 aromatic carbocycles. The van der Waals surface area contributed by atoms with Gasteiger partial charge in [0.25, 0.3) is 5.91 Å². The number of aliphatic carboxylic acids is 1. The first-order valence-electron chi connectivity index (χ1n) is 15.1. The smallest absolute Gasteiger partial charge is 0.322 e. The number of carbonyl (C=O) groups is 2. The summed E-state index contributed by atoms with van der Waals surface area (Å²) in [5.41, 5.74) is 7.68. The van der Waals surface area contributed by atoms with Crippen molar-refractivity contribution in [3.8, 4) is 28.0 Å². The SMILES string of the molecule is CC(C)NCCCCOc1ccc(-c2ccc(C(=O)NCC(=O)O)cc2)cc1-c1ccc2c(c1)C(C)(C)CCC2(C)C. The maximum atomic E-state index is 12.3. The van der Waals surface area contributed by atoms with E-state index in [1.807, 2.05) is 12.1 Å². The van der Waals surface area contributed by atoms with E-state index in [2.05, 4.69) is 88.6 Å². The Balaban J connectivity index is 1.65. The zero-order chi connectivity index (χ0) is 30.5. The van der Waals surface area contributed by atoms with Gasteiger partial charge in [-0.3, -0.25) is 9.59 Å². The Morgan fingerprint density at radius 3 is 2.14 bits per heavy atom. The Morgan fingerprint density at radius 2 is 1.48 bits per heavy atom. The first-order valence-corrected chi connectivity index (χ1v) is 15.1. The van der Waals surface area contributed by atoms with Gasteiger partial charge in [0.15, 0.2) is 0 Å². The highest BCUT2D eigenvalue weighted by Gasteiger charge is 2.37. The fraction of sp³-hybridized carbons (Fsp3) is 0.444. The molecular weight excluding hydrogens is 524 g/mol. The summed E-state index contributed by atoms with van der Waals surface area (Å²) < 4.78 is 6.39. The number of carboxylic acid groups (broad SMARTS) is 1. The number of ether oxygens (including phenoxy) is 1. The van der Waals surface area contributed by atoms with E-state index in [9.17, 15) is 9.59 Å². The third kappa shape index (κ3) is 7.60. The van der Waals surface area contributed by atoms with Crippen LogP contribution >= 0.6 is 0 Å². The van der Waals surface area contributed by atoms with Crippen LogP contribution in [0.4, 0.5) is 0 Å². The fourth-order valence-corrected chi connectivity index (χ4v) is 5.69. The lowest BCUT2D eigenvalue weighted by Crippen LogP contribution is -2.33. The molecule has 3 N–H and O–H groups in total. The summed E-state index contributed by atoms with van der Waals surface area (Å²) in [5.74, 6) is -0.610. The van der Waals surface area contributed by atoms with Crippen LogP contribution in [0.2, 0.25) is 0 Å². The molecule has 6 nitrogen and oxygen atoms in total. The Bertz CT molecular complexity index is 1410. The molecule has 1 amide bonds. The second-order valence-electron chi connectivity index (χ2n) is 13.1. The average molecular weight is 571 g/mol. The molecule has 4 rings (SSSR count). The van der Waals surface area contributed by atoms with Gasteiger partial charge >= 0.3 is 5.97 Å². The number of rotatable bonds is 12. The number of nitrogens with one attached hydrogen (secondary N) is 2. The van der Waals surface area contributed by atoms with Crippen LogP contribution in [0.15, 0.2) is 60.7 Å². The first-order chi connectivity index (χ1) is 19.9. The van der Waals surface area contributed by atoms with Gasteiger partial charge in [0.1, 0.15) is 12.3 Å². The molecule has 0 unspecified atom stereocenters. The Hall–Kier alpha value is -3.64. The van der Waals surface area contributed by atoms with Crippen LogP contribution in [0.25, 0.3) is 22.3 Å². The molecule has 0 saturated carbocycles. The molecule has 3 aromatic rings. The molecule has 224 valence electrons. The lowest BCUT2D eigenvalue weighted by molar-refractivity contribution is -0.135. The van der Waals surface area contributed by atoms with Crippen molar-refractivity contribution in [2.75, 3.05) is 19.7 Å². The van der Waals surface area contributed by atoms with Gasteiger partial charge in [-0.1, -0.05) is 77.9 Å². The van der Waals surface area contributed by atoms with Crippen molar-refractivity contribution in [1.29, 1.82) is 0 Å². The fourth-order valence-electron chi connectivity index (χ4n) is 5.69. The third-order valence-electron chi connectivity index (χ3n) is 8.41. The number of hydrogen-bond donors (Lipinski definition) is 3. The number of hydrogen-bond acceptors (Lipinski definition) is 4. The zero-order valence-electron chi connectivity index (χ0n) is 26.0. The molecule has 0 radical (unpaired) electrons. The number of benzene rings is 3. The van der Waals surface area contributed by atoms with Crippen LogP contribution in [0.3, 0.4) is 0 Å². The predicted molar refractivity (Wildman–Crippen MR) is 170 cm³/mol. The standard InChI is InChI=1S/C36H46N2O4/c1-24(2)37-19-7-8-20-42-32-16-14-27(25-9-11-26(12-10-25)34(41)38-23-33(39)40)21-29(32)28-13-15-30-31(22-28)36(5,6)18-17-35(30,3)4/h9-16,21-22,24,37H,7-8,17-20,23H2,1-6H3,(H,38,41)(H,39,40). The molecule has 0 heterocycles. The molecule has 0 atom stereocenters. The van der Waals surface area contributed by atoms with Gasteiger partial charge in [0, 0.05) is 17.2 Å². The summed E-state index contributed by atoms with van der Waals surface area (Å²) in [5, 5.41) is 14.7. The van der Waals surface area contributed by atoms with E-state index in [-0.39, 0.29) is 10.8 Å². The molecule has 1 aliphatic rings. The van der Waals surface area contributed by atoms with Crippen LogP contribution in [-0.2, 0) is 15.6 Å². The van der Waals surface area contributed by atoms with Crippen molar-refractivity contribution in [3.63, 3.8) is 0 Å². The summed E-state index contributed by atoms with van der Waals surface area (Å²) in [6.45, 7) is 14.9. The summed E-state index contributed by atoms with van der Waals surface area (Å²) in [6.07, 6.45) is 4.35. The number of amides is 1. The molecule has 0 fully saturated rings. The van der Waals surface area contributed by atoms with Crippen molar-refractivity contribution in [1.82, 2.24) is 10.6 Å². The molecule has 0 bridgehead atoms. The highest BCUT2D eigenvalue weighted by molar-refractivity contribution is 5.96. The van der Waals surface area contributed by atoms with Crippen molar-refractivity contribution >= 4 is 11.9 Å². The van der Waals surface area contributed by atoms with Crippen molar-refractivity contribution in [3.05, 3.63) is 77.4 Å². The van der Waals surface area contributed by atoms with E-state index in [1.54, 1.807) is 12.1 Å². The summed E-state index contributed by atoms with van der Waals surface area (Å²) in [6, 6.07) is 20.9. The van der Waals surface area contributed by atoms with Crippen molar-refractivity contribution in [2.45, 2.75) is 84.1 Å². The number of unbranched alkanes of at least 4 members (excludes halogenated alkanes) is 1. The largest absolute Gasteiger partial charge is 0.493 e. The minimum atomic E-state index is -1.07.